The predicted octanol–water partition coefficient (Wildman–Crippen LogP) is 1.94. The third kappa shape index (κ3) is 1.75. The van der Waals surface area contributed by atoms with Crippen LogP contribution in [0.2, 0.25) is 0 Å². The Morgan fingerprint density at radius 1 is 1.07 bits per heavy atom. The standard InChI is InChI=1S/C14H23N/c1-11-6-7-14-13-5-3-2-4-12(13)8-9-15(14)10-11/h11,14H,2-10H2,1H3/p+1/t11-,14+/m0/s1. The minimum Gasteiger partial charge on any atom is -0.329 e. The summed E-state index contributed by atoms with van der Waals surface area (Å²) in [6, 6.07) is 0.949. The molecule has 0 amide bonds. The number of hydrogen-bond donors (Lipinski definition) is 1. The first-order valence-electron chi connectivity index (χ1n) is 6.90. The van der Waals surface area contributed by atoms with Gasteiger partial charge in [0.2, 0.25) is 0 Å². The Kier molecular flexibility index (Phi) is 2.59. The van der Waals surface area contributed by atoms with E-state index in [9.17, 15) is 0 Å². The van der Waals surface area contributed by atoms with Crippen molar-refractivity contribution >= 4 is 0 Å². The van der Waals surface area contributed by atoms with Gasteiger partial charge < -0.3 is 4.90 Å². The molecule has 2 heterocycles. The Bertz CT molecular complexity index is 279. The van der Waals surface area contributed by atoms with E-state index in [1.54, 1.807) is 0 Å². The Morgan fingerprint density at radius 3 is 2.87 bits per heavy atom. The third-order valence-electron chi connectivity index (χ3n) is 4.85. The topological polar surface area (TPSA) is 4.44 Å². The van der Waals surface area contributed by atoms with Crippen molar-refractivity contribution in [3.05, 3.63) is 11.1 Å². The molecular formula is C14H24N+. The van der Waals surface area contributed by atoms with Crippen molar-refractivity contribution in [2.45, 2.75) is 57.9 Å². The van der Waals surface area contributed by atoms with E-state index >= 15 is 0 Å². The van der Waals surface area contributed by atoms with Gasteiger partial charge >= 0.3 is 0 Å². The Morgan fingerprint density at radius 2 is 1.93 bits per heavy atom. The highest BCUT2D eigenvalue weighted by Gasteiger charge is 2.37. The van der Waals surface area contributed by atoms with E-state index in [-0.39, 0.29) is 0 Å². The van der Waals surface area contributed by atoms with E-state index in [1.165, 1.54) is 58.0 Å². The summed E-state index contributed by atoms with van der Waals surface area (Å²) in [5, 5.41) is 0. The van der Waals surface area contributed by atoms with Gasteiger partial charge in [-0.1, -0.05) is 12.5 Å². The van der Waals surface area contributed by atoms with Gasteiger partial charge in [0.15, 0.2) is 0 Å². The average Bonchev–Trinajstić information content (AvgIpc) is 2.28. The number of fused-ring (bicyclic) bond motifs is 2. The lowest BCUT2D eigenvalue weighted by Gasteiger charge is -2.42. The molecule has 1 heteroatoms. The molecule has 1 fully saturated rings. The number of nitrogens with one attached hydrogen (secondary N) is 1. The quantitative estimate of drug-likeness (QED) is 0.578. The lowest BCUT2D eigenvalue weighted by atomic mass is 9.78. The summed E-state index contributed by atoms with van der Waals surface area (Å²) >= 11 is 0. The van der Waals surface area contributed by atoms with Crippen LogP contribution in [0.4, 0.5) is 0 Å². The molecule has 0 bridgehead atoms. The first-order valence-corrected chi connectivity index (χ1v) is 6.90. The van der Waals surface area contributed by atoms with Crippen molar-refractivity contribution in [3.8, 4) is 0 Å². The highest BCUT2D eigenvalue weighted by atomic mass is 15.2. The lowest BCUT2D eigenvalue weighted by molar-refractivity contribution is -0.930. The van der Waals surface area contributed by atoms with Crippen LogP contribution in [0.15, 0.2) is 11.1 Å². The maximum Gasteiger partial charge on any atom is 0.109 e. The zero-order valence-electron chi connectivity index (χ0n) is 10.0. The molecule has 0 radical (unpaired) electrons. The van der Waals surface area contributed by atoms with Gasteiger partial charge in [0.1, 0.15) is 6.04 Å². The van der Waals surface area contributed by atoms with Crippen LogP contribution in [-0.4, -0.2) is 19.1 Å². The number of hydrogen-bond acceptors (Lipinski definition) is 0. The van der Waals surface area contributed by atoms with Crippen LogP contribution in [0.1, 0.15) is 51.9 Å². The van der Waals surface area contributed by atoms with Crippen molar-refractivity contribution in [1.82, 2.24) is 0 Å². The molecule has 3 aliphatic rings. The van der Waals surface area contributed by atoms with Crippen molar-refractivity contribution < 1.29 is 4.90 Å². The first kappa shape index (κ1) is 9.89. The minimum absolute atomic E-state index is 0.949. The molecule has 15 heavy (non-hydrogen) atoms. The molecule has 2 aliphatic heterocycles. The van der Waals surface area contributed by atoms with Crippen molar-refractivity contribution in [2.24, 2.45) is 5.92 Å². The average molecular weight is 206 g/mol. The molecule has 1 N–H and O–H groups in total. The monoisotopic (exact) mass is 206 g/mol. The van der Waals surface area contributed by atoms with E-state index in [0.29, 0.717) is 0 Å². The second-order valence-corrected chi connectivity index (χ2v) is 5.93. The molecule has 1 saturated heterocycles. The van der Waals surface area contributed by atoms with E-state index in [4.69, 9.17) is 0 Å². The highest BCUT2D eigenvalue weighted by Crippen LogP contribution is 2.32. The van der Waals surface area contributed by atoms with Gasteiger partial charge in [-0.25, -0.2) is 0 Å². The maximum absolute atomic E-state index is 2.44. The molecule has 0 aromatic rings. The molecule has 1 unspecified atom stereocenters. The fourth-order valence-corrected chi connectivity index (χ4v) is 4.05. The highest BCUT2D eigenvalue weighted by molar-refractivity contribution is 5.22. The fraction of sp³-hybridized carbons (Fsp3) is 0.857. The summed E-state index contributed by atoms with van der Waals surface area (Å²) in [4.78, 5) is 1.93. The summed E-state index contributed by atoms with van der Waals surface area (Å²) in [7, 11) is 0. The van der Waals surface area contributed by atoms with Gasteiger partial charge in [0.05, 0.1) is 13.1 Å². The van der Waals surface area contributed by atoms with E-state index in [0.717, 1.165) is 12.0 Å². The molecule has 84 valence electrons. The van der Waals surface area contributed by atoms with Crippen molar-refractivity contribution in [1.29, 1.82) is 0 Å². The van der Waals surface area contributed by atoms with Crippen LogP contribution in [0, 0.1) is 5.92 Å². The lowest BCUT2D eigenvalue weighted by Crippen LogP contribution is -3.18. The summed E-state index contributed by atoms with van der Waals surface area (Å²) in [5.74, 6) is 0.974. The molecule has 3 rings (SSSR count). The normalized spacial score (nSPS) is 41.0. The van der Waals surface area contributed by atoms with Gasteiger partial charge in [0.25, 0.3) is 0 Å². The Balaban J connectivity index is 1.83. The SMILES string of the molecule is C[C@H]1CC[C@@H]2C3=C(CCCC3)CC[NH+]2C1. The molecule has 1 nitrogen and oxygen atoms in total. The number of piperidine rings is 1. The molecule has 3 atom stereocenters. The Labute approximate surface area is 93.5 Å². The largest absolute Gasteiger partial charge is 0.329 e. The van der Waals surface area contributed by atoms with Gasteiger partial charge in [0, 0.05) is 18.8 Å². The summed E-state index contributed by atoms with van der Waals surface area (Å²) < 4.78 is 0. The van der Waals surface area contributed by atoms with Gasteiger partial charge in [-0.2, -0.15) is 0 Å². The Hall–Kier alpha value is -0.300. The fourth-order valence-electron chi connectivity index (χ4n) is 4.05. The van der Waals surface area contributed by atoms with Crippen molar-refractivity contribution in [2.75, 3.05) is 13.1 Å². The molecule has 0 spiro atoms. The summed E-state index contributed by atoms with van der Waals surface area (Å²) in [6.07, 6.45) is 10.2. The van der Waals surface area contributed by atoms with Gasteiger partial charge in [-0.15, -0.1) is 0 Å². The summed E-state index contributed by atoms with van der Waals surface area (Å²) in [5.41, 5.74) is 3.79. The van der Waals surface area contributed by atoms with E-state index in [1.807, 2.05) is 16.0 Å². The molecular weight excluding hydrogens is 182 g/mol. The van der Waals surface area contributed by atoms with E-state index in [2.05, 4.69) is 6.92 Å². The maximum atomic E-state index is 2.44. The van der Waals surface area contributed by atoms with Gasteiger partial charge in [-0.05, 0) is 37.7 Å². The smallest absolute Gasteiger partial charge is 0.109 e. The minimum atomic E-state index is 0.949. The zero-order chi connectivity index (χ0) is 10.3. The third-order valence-corrected chi connectivity index (χ3v) is 4.85. The molecule has 0 aromatic carbocycles. The van der Waals surface area contributed by atoms with Crippen LogP contribution < -0.4 is 4.90 Å². The number of rotatable bonds is 0. The second kappa shape index (κ2) is 3.93. The zero-order valence-corrected chi connectivity index (χ0v) is 10.0. The van der Waals surface area contributed by atoms with Crippen LogP contribution >= 0.6 is 0 Å². The first-order chi connectivity index (χ1) is 7.34. The number of quaternary nitrogens is 1. The second-order valence-electron chi connectivity index (χ2n) is 5.93. The van der Waals surface area contributed by atoms with Crippen LogP contribution in [-0.2, 0) is 0 Å². The molecule has 1 aliphatic carbocycles. The molecule has 0 aromatic heterocycles. The summed E-state index contributed by atoms with van der Waals surface area (Å²) in [6.45, 7) is 5.32. The predicted molar refractivity (Wildman–Crippen MR) is 63.0 cm³/mol. The van der Waals surface area contributed by atoms with E-state index < -0.39 is 0 Å². The van der Waals surface area contributed by atoms with Crippen molar-refractivity contribution in [3.63, 3.8) is 0 Å². The van der Waals surface area contributed by atoms with Gasteiger partial charge in [-0.3, -0.25) is 0 Å². The van der Waals surface area contributed by atoms with Crippen LogP contribution in [0.5, 0.6) is 0 Å². The van der Waals surface area contributed by atoms with Crippen LogP contribution in [0.3, 0.4) is 0 Å². The molecule has 0 saturated carbocycles. The van der Waals surface area contributed by atoms with Crippen LogP contribution in [0.25, 0.3) is 0 Å².